The van der Waals surface area contributed by atoms with E-state index in [1.165, 1.54) is 16.5 Å². The first-order valence-corrected chi connectivity index (χ1v) is 8.14. The molecule has 2 aromatic rings. The van der Waals surface area contributed by atoms with Crippen molar-refractivity contribution in [2.24, 2.45) is 7.05 Å². The molecule has 1 aliphatic carbocycles. The van der Waals surface area contributed by atoms with Gasteiger partial charge in [0.05, 0.1) is 12.6 Å². The van der Waals surface area contributed by atoms with Crippen molar-refractivity contribution in [1.29, 1.82) is 0 Å². The van der Waals surface area contributed by atoms with Crippen LogP contribution < -0.4 is 5.69 Å². The maximum Gasteiger partial charge on any atom is 0.345 e. The Morgan fingerprint density at radius 2 is 2.21 bits per heavy atom. The van der Waals surface area contributed by atoms with Gasteiger partial charge in [0.1, 0.15) is 12.9 Å². The van der Waals surface area contributed by atoms with Crippen molar-refractivity contribution in [2.45, 2.75) is 25.4 Å². The van der Waals surface area contributed by atoms with E-state index in [0.717, 1.165) is 23.1 Å². The summed E-state index contributed by atoms with van der Waals surface area (Å²) in [6, 6.07) is 8.04. The fourth-order valence-corrected chi connectivity index (χ4v) is 3.29. The van der Waals surface area contributed by atoms with Crippen molar-refractivity contribution in [3.63, 3.8) is 0 Å². The SMILES string of the molecule is C=C(Cl)CN(C(=O)Cn1ncn(C)c1=O)[C@H]1CCc2ccccc21. The third-order valence-corrected chi connectivity index (χ3v) is 4.43. The van der Waals surface area contributed by atoms with E-state index in [-0.39, 0.29) is 30.7 Å². The number of rotatable bonds is 5. The highest BCUT2D eigenvalue weighted by molar-refractivity contribution is 6.29. The van der Waals surface area contributed by atoms with Crippen molar-refractivity contribution in [3.8, 4) is 0 Å². The van der Waals surface area contributed by atoms with Crippen molar-refractivity contribution in [2.75, 3.05) is 6.54 Å². The van der Waals surface area contributed by atoms with Gasteiger partial charge in [-0.05, 0) is 24.0 Å². The number of carbonyl (C=O) groups excluding carboxylic acids is 1. The normalized spacial score (nSPS) is 16.0. The van der Waals surface area contributed by atoms with Crippen LogP contribution in [0.3, 0.4) is 0 Å². The van der Waals surface area contributed by atoms with Crippen LogP contribution in [0, 0.1) is 0 Å². The van der Waals surface area contributed by atoms with Crippen molar-refractivity contribution in [3.05, 3.63) is 63.8 Å². The Bertz CT molecular complexity index is 839. The zero-order valence-corrected chi connectivity index (χ0v) is 14.2. The Morgan fingerprint density at radius 1 is 1.46 bits per heavy atom. The van der Waals surface area contributed by atoms with E-state index in [4.69, 9.17) is 11.6 Å². The second-order valence-electron chi connectivity index (χ2n) is 5.97. The highest BCUT2D eigenvalue weighted by Gasteiger charge is 2.31. The molecule has 1 aromatic carbocycles. The van der Waals surface area contributed by atoms with Gasteiger partial charge in [0.2, 0.25) is 5.91 Å². The molecule has 0 N–H and O–H groups in total. The van der Waals surface area contributed by atoms with Gasteiger partial charge < -0.3 is 4.90 Å². The van der Waals surface area contributed by atoms with Gasteiger partial charge in [-0.2, -0.15) is 5.10 Å². The van der Waals surface area contributed by atoms with E-state index >= 15 is 0 Å². The Balaban J connectivity index is 1.87. The molecule has 0 saturated carbocycles. The summed E-state index contributed by atoms with van der Waals surface area (Å²) in [5.74, 6) is -0.195. The minimum atomic E-state index is -0.320. The summed E-state index contributed by atoms with van der Waals surface area (Å²) in [6.45, 7) is 3.86. The maximum atomic E-state index is 12.8. The molecule has 1 amide bonds. The van der Waals surface area contributed by atoms with Crippen LogP contribution in [0.4, 0.5) is 0 Å². The minimum absolute atomic E-state index is 0.0522. The monoisotopic (exact) mass is 346 g/mol. The Kier molecular flexibility index (Phi) is 4.57. The number of hydrogen-bond donors (Lipinski definition) is 0. The van der Waals surface area contributed by atoms with Crippen LogP contribution in [-0.4, -0.2) is 31.7 Å². The molecule has 0 unspecified atom stereocenters. The lowest BCUT2D eigenvalue weighted by atomic mass is 10.1. The third-order valence-electron chi connectivity index (χ3n) is 4.31. The van der Waals surface area contributed by atoms with Crippen LogP contribution in [-0.2, 0) is 24.8 Å². The van der Waals surface area contributed by atoms with Gasteiger partial charge in [0.15, 0.2) is 0 Å². The lowest BCUT2D eigenvalue weighted by Crippen LogP contribution is -2.39. The first kappa shape index (κ1) is 16.5. The van der Waals surface area contributed by atoms with E-state index in [2.05, 4.69) is 17.7 Å². The molecule has 0 fully saturated rings. The van der Waals surface area contributed by atoms with Crippen LogP contribution >= 0.6 is 11.6 Å². The fraction of sp³-hybridized carbons (Fsp3) is 0.353. The first-order valence-electron chi connectivity index (χ1n) is 7.76. The van der Waals surface area contributed by atoms with Gasteiger partial charge in [0, 0.05) is 12.1 Å². The van der Waals surface area contributed by atoms with Gasteiger partial charge in [0.25, 0.3) is 0 Å². The summed E-state index contributed by atoms with van der Waals surface area (Å²) in [7, 11) is 1.60. The molecule has 1 aromatic heterocycles. The molecule has 6 nitrogen and oxygen atoms in total. The molecule has 1 heterocycles. The third kappa shape index (κ3) is 3.14. The predicted octanol–water partition coefficient (Wildman–Crippen LogP) is 1.85. The molecule has 0 bridgehead atoms. The van der Waals surface area contributed by atoms with E-state index in [0.29, 0.717) is 5.03 Å². The number of carbonyl (C=O) groups is 1. The molecule has 1 atom stereocenters. The lowest BCUT2D eigenvalue weighted by molar-refractivity contribution is -0.134. The lowest BCUT2D eigenvalue weighted by Gasteiger charge is -2.29. The summed E-state index contributed by atoms with van der Waals surface area (Å²) < 4.78 is 2.50. The molecule has 126 valence electrons. The van der Waals surface area contributed by atoms with Crippen molar-refractivity contribution in [1.82, 2.24) is 19.2 Å². The molecule has 0 spiro atoms. The number of amides is 1. The summed E-state index contributed by atoms with van der Waals surface area (Å²) in [6.07, 6.45) is 3.15. The number of fused-ring (bicyclic) bond motifs is 1. The van der Waals surface area contributed by atoms with E-state index in [9.17, 15) is 9.59 Å². The van der Waals surface area contributed by atoms with Gasteiger partial charge >= 0.3 is 5.69 Å². The highest BCUT2D eigenvalue weighted by Crippen LogP contribution is 2.36. The average molecular weight is 347 g/mol. The molecule has 0 radical (unpaired) electrons. The summed E-state index contributed by atoms with van der Waals surface area (Å²) in [5, 5.41) is 4.34. The molecular formula is C17H19ClN4O2. The zero-order valence-electron chi connectivity index (χ0n) is 13.5. The van der Waals surface area contributed by atoms with Crippen molar-refractivity contribution < 1.29 is 4.79 Å². The number of aromatic nitrogens is 3. The van der Waals surface area contributed by atoms with Gasteiger partial charge in [-0.15, -0.1) is 0 Å². The van der Waals surface area contributed by atoms with Gasteiger partial charge in [-0.3, -0.25) is 9.36 Å². The molecule has 24 heavy (non-hydrogen) atoms. The quantitative estimate of drug-likeness (QED) is 0.830. The Morgan fingerprint density at radius 3 is 2.88 bits per heavy atom. The number of hydrogen-bond acceptors (Lipinski definition) is 3. The molecule has 7 heteroatoms. The molecular weight excluding hydrogens is 328 g/mol. The van der Waals surface area contributed by atoms with E-state index in [1.807, 2.05) is 18.2 Å². The number of benzene rings is 1. The van der Waals surface area contributed by atoms with Crippen molar-refractivity contribution >= 4 is 17.5 Å². The largest absolute Gasteiger partial charge is 0.345 e. The molecule has 3 rings (SSSR count). The predicted molar refractivity (Wildman–Crippen MR) is 91.7 cm³/mol. The summed E-state index contributed by atoms with van der Waals surface area (Å²) >= 11 is 5.98. The van der Waals surface area contributed by atoms with Gasteiger partial charge in [-0.1, -0.05) is 42.4 Å². The number of nitrogens with zero attached hydrogens (tertiary/aromatic N) is 4. The van der Waals surface area contributed by atoms with Crippen LogP contribution in [0.15, 0.2) is 47.0 Å². The topological polar surface area (TPSA) is 60.1 Å². The van der Waals surface area contributed by atoms with Crippen LogP contribution in [0.2, 0.25) is 0 Å². The molecule has 1 aliphatic rings. The summed E-state index contributed by atoms with van der Waals surface area (Å²) in [5.41, 5.74) is 2.06. The standard InChI is InChI=1S/C17H19ClN4O2/c1-12(18)9-21(15-8-7-13-5-3-4-6-14(13)15)16(23)10-22-17(24)20(2)11-19-22/h3-6,11,15H,1,7-10H2,2H3/t15-/m0/s1. The number of halogens is 1. The second-order valence-corrected chi connectivity index (χ2v) is 6.51. The highest BCUT2D eigenvalue weighted by atomic mass is 35.5. The maximum absolute atomic E-state index is 12.8. The Labute approximate surface area is 145 Å². The number of aryl methyl sites for hydroxylation is 2. The zero-order chi connectivity index (χ0) is 17.3. The smallest absolute Gasteiger partial charge is 0.329 e. The van der Waals surface area contributed by atoms with E-state index in [1.54, 1.807) is 11.9 Å². The second kappa shape index (κ2) is 6.65. The summed E-state index contributed by atoms with van der Waals surface area (Å²) in [4.78, 5) is 26.4. The first-order chi connectivity index (χ1) is 11.5. The van der Waals surface area contributed by atoms with Crippen LogP contribution in [0.25, 0.3) is 0 Å². The van der Waals surface area contributed by atoms with Crippen LogP contribution in [0.1, 0.15) is 23.6 Å². The molecule has 0 saturated heterocycles. The minimum Gasteiger partial charge on any atom is -0.329 e. The Hall–Kier alpha value is -2.34. The average Bonchev–Trinajstić information content (AvgIpc) is 3.11. The molecule has 0 aliphatic heterocycles. The van der Waals surface area contributed by atoms with E-state index < -0.39 is 0 Å². The van der Waals surface area contributed by atoms with Crippen LogP contribution in [0.5, 0.6) is 0 Å². The fourth-order valence-electron chi connectivity index (χ4n) is 3.16. The van der Waals surface area contributed by atoms with Gasteiger partial charge in [-0.25, -0.2) is 9.48 Å².